The number of nitrogens with zero attached hydrogens (tertiary/aromatic N) is 1. The van der Waals surface area contributed by atoms with Crippen molar-refractivity contribution in [1.29, 1.82) is 0 Å². The number of thiazole rings is 1. The van der Waals surface area contributed by atoms with Crippen LogP contribution in [0.5, 0.6) is 0 Å². The van der Waals surface area contributed by atoms with Gasteiger partial charge in [-0.1, -0.05) is 0 Å². The summed E-state index contributed by atoms with van der Waals surface area (Å²) in [5.74, 6) is -0.0424. The molecule has 1 amide bonds. The van der Waals surface area contributed by atoms with E-state index in [1.54, 1.807) is 5.38 Å². The van der Waals surface area contributed by atoms with Gasteiger partial charge in [-0.2, -0.15) is 0 Å². The minimum atomic E-state index is -0.0424. The molecule has 82 valence electrons. The third-order valence-corrected chi connectivity index (χ3v) is 3.49. The van der Waals surface area contributed by atoms with E-state index in [0.717, 1.165) is 24.3 Å². The van der Waals surface area contributed by atoms with Crippen LogP contribution in [-0.2, 0) is 6.42 Å². The molecule has 2 rings (SSSR count). The minimum absolute atomic E-state index is 0.0424. The maximum Gasteiger partial charge on any atom is 0.270 e. The van der Waals surface area contributed by atoms with Crippen molar-refractivity contribution in [2.75, 3.05) is 6.54 Å². The Hall–Kier alpha value is -0.940. The summed E-state index contributed by atoms with van der Waals surface area (Å²) in [5, 5.41) is 5.71. The van der Waals surface area contributed by atoms with E-state index in [1.807, 2.05) is 0 Å². The van der Waals surface area contributed by atoms with Crippen molar-refractivity contribution in [2.24, 2.45) is 5.73 Å². The van der Waals surface area contributed by atoms with Crippen LogP contribution >= 0.6 is 11.3 Å². The predicted octanol–water partition coefficient (Wildman–Crippen LogP) is 0.927. The van der Waals surface area contributed by atoms with Crippen LogP contribution in [0.4, 0.5) is 0 Å². The second kappa shape index (κ2) is 4.72. The Morgan fingerprint density at radius 3 is 3.07 bits per heavy atom. The van der Waals surface area contributed by atoms with Crippen LogP contribution in [-0.4, -0.2) is 23.5 Å². The summed E-state index contributed by atoms with van der Waals surface area (Å²) in [5.41, 5.74) is 5.96. The number of aromatic nitrogens is 1. The van der Waals surface area contributed by atoms with Gasteiger partial charge in [0, 0.05) is 17.8 Å². The molecule has 1 aliphatic rings. The summed E-state index contributed by atoms with van der Waals surface area (Å²) in [4.78, 5) is 15.9. The van der Waals surface area contributed by atoms with Crippen molar-refractivity contribution in [3.8, 4) is 0 Å². The molecule has 0 radical (unpaired) electrons. The molecule has 0 atom stereocenters. The third kappa shape index (κ3) is 2.54. The van der Waals surface area contributed by atoms with Gasteiger partial charge in [0.25, 0.3) is 5.91 Å². The monoisotopic (exact) mass is 225 g/mol. The first kappa shape index (κ1) is 10.6. The molecule has 1 heterocycles. The second-order valence-corrected chi connectivity index (χ2v) is 4.71. The Balaban J connectivity index is 1.92. The van der Waals surface area contributed by atoms with Crippen molar-refractivity contribution in [2.45, 2.75) is 31.7 Å². The number of rotatable bonds is 4. The number of nitrogens with two attached hydrogens (primary N) is 1. The molecule has 0 aromatic carbocycles. The highest BCUT2D eigenvalue weighted by molar-refractivity contribution is 7.09. The highest BCUT2D eigenvalue weighted by atomic mass is 32.1. The standard InChI is InChI=1S/C10H15N3OS/c11-5-4-9-13-8(6-15-9)10(14)12-7-2-1-3-7/h6-7H,1-5,11H2,(H,12,14). The Kier molecular flexibility index (Phi) is 3.33. The van der Waals surface area contributed by atoms with E-state index in [4.69, 9.17) is 5.73 Å². The molecule has 0 saturated heterocycles. The van der Waals surface area contributed by atoms with E-state index in [0.29, 0.717) is 18.3 Å². The van der Waals surface area contributed by atoms with Crippen LogP contribution in [0.3, 0.4) is 0 Å². The SMILES string of the molecule is NCCc1nc(C(=O)NC2CCC2)cs1. The predicted molar refractivity (Wildman–Crippen MR) is 60.0 cm³/mol. The van der Waals surface area contributed by atoms with E-state index >= 15 is 0 Å². The van der Waals surface area contributed by atoms with E-state index in [1.165, 1.54) is 17.8 Å². The summed E-state index contributed by atoms with van der Waals surface area (Å²) in [6, 6.07) is 0.372. The number of carbonyl (C=O) groups is 1. The maximum absolute atomic E-state index is 11.7. The summed E-state index contributed by atoms with van der Waals surface area (Å²) in [6.07, 6.45) is 4.18. The molecular formula is C10H15N3OS. The molecule has 0 spiro atoms. The average molecular weight is 225 g/mol. The zero-order valence-electron chi connectivity index (χ0n) is 8.53. The Morgan fingerprint density at radius 1 is 1.67 bits per heavy atom. The molecule has 0 bridgehead atoms. The lowest BCUT2D eigenvalue weighted by atomic mass is 9.93. The molecule has 1 saturated carbocycles. The average Bonchev–Trinajstić information content (AvgIpc) is 2.60. The normalized spacial score (nSPS) is 16.1. The van der Waals surface area contributed by atoms with E-state index in [9.17, 15) is 4.79 Å². The number of amides is 1. The third-order valence-electron chi connectivity index (χ3n) is 2.58. The van der Waals surface area contributed by atoms with Gasteiger partial charge in [-0.05, 0) is 25.8 Å². The van der Waals surface area contributed by atoms with Crippen molar-refractivity contribution in [1.82, 2.24) is 10.3 Å². The number of nitrogens with one attached hydrogen (secondary N) is 1. The molecule has 5 heteroatoms. The number of carbonyl (C=O) groups excluding carboxylic acids is 1. The van der Waals surface area contributed by atoms with Crippen molar-refractivity contribution in [3.63, 3.8) is 0 Å². The summed E-state index contributed by atoms with van der Waals surface area (Å²) < 4.78 is 0. The fourth-order valence-electron chi connectivity index (χ4n) is 1.47. The van der Waals surface area contributed by atoms with Gasteiger partial charge in [-0.3, -0.25) is 4.79 Å². The van der Waals surface area contributed by atoms with Crippen LogP contribution in [0.15, 0.2) is 5.38 Å². The van der Waals surface area contributed by atoms with Crippen LogP contribution < -0.4 is 11.1 Å². The van der Waals surface area contributed by atoms with Crippen LogP contribution in [0.25, 0.3) is 0 Å². The molecule has 1 aliphatic carbocycles. The van der Waals surface area contributed by atoms with Gasteiger partial charge in [0.2, 0.25) is 0 Å². The molecule has 1 aromatic heterocycles. The highest BCUT2D eigenvalue weighted by Gasteiger charge is 2.21. The van der Waals surface area contributed by atoms with Gasteiger partial charge in [-0.25, -0.2) is 4.98 Å². The van der Waals surface area contributed by atoms with Crippen LogP contribution in [0.2, 0.25) is 0 Å². The van der Waals surface area contributed by atoms with E-state index in [2.05, 4.69) is 10.3 Å². The van der Waals surface area contributed by atoms with Gasteiger partial charge in [-0.15, -0.1) is 11.3 Å². The van der Waals surface area contributed by atoms with Gasteiger partial charge in [0.1, 0.15) is 5.69 Å². The Bertz CT molecular complexity index is 346. The van der Waals surface area contributed by atoms with Gasteiger partial charge in [0.05, 0.1) is 5.01 Å². The molecule has 15 heavy (non-hydrogen) atoms. The van der Waals surface area contributed by atoms with Gasteiger partial charge in [0.15, 0.2) is 0 Å². The van der Waals surface area contributed by atoms with Crippen molar-refractivity contribution < 1.29 is 4.79 Å². The highest BCUT2D eigenvalue weighted by Crippen LogP contribution is 2.19. The summed E-state index contributed by atoms with van der Waals surface area (Å²) >= 11 is 1.50. The van der Waals surface area contributed by atoms with E-state index < -0.39 is 0 Å². The maximum atomic E-state index is 11.7. The van der Waals surface area contributed by atoms with Crippen LogP contribution in [0.1, 0.15) is 34.8 Å². The number of hydrogen-bond donors (Lipinski definition) is 2. The Morgan fingerprint density at radius 2 is 2.47 bits per heavy atom. The first-order valence-corrected chi connectivity index (χ1v) is 6.13. The quantitative estimate of drug-likeness (QED) is 0.801. The fourth-order valence-corrected chi connectivity index (χ4v) is 2.26. The molecule has 0 unspecified atom stereocenters. The molecule has 4 nitrogen and oxygen atoms in total. The van der Waals surface area contributed by atoms with E-state index in [-0.39, 0.29) is 5.91 Å². The van der Waals surface area contributed by atoms with Crippen molar-refractivity contribution >= 4 is 17.2 Å². The van der Waals surface area contributed by atoms with Crippen LogP contribution in [0, 0.1) is 0 Å². The lowest BCUT2D eigenvalue weighted by molar-refractivity contribution is 0.0912. The molecule has 1 aromatic rings. The molecule has 0 aliphatic heterocycles. The van der Waals surface area contributed by atoms with Gasteiger partial charge < -0.3 is 11.1 Å². The zero-order valence-corrected chi connectivity index (χ0v) is 9.35. The molecular weight excluding hydrogens is 210 g/mol. The number of hydrogen-bond acceptors (Lipinski definition) is 4. The fraction of sp³-hybridized carbons (Fsp3) is 0.600. The lowest BCUT2D eigenvalue weighted by Crippen LogP contribution is -2.39. The summed E-state index contributed by atoms with van der Waals surface area (Å²) in [6.45, 7) is 0.581. The largest absolute Gasteiger partial charge is 0.348 e. The molecule has 3 N–H and O–H groups in total. The topological polar surface area (TPSA) is 68.0 Å². The first-order valence-electron chi connectivity index (χ1n) is 5.25. The smallest absolute Gasteiger partial charge is 0.270 e. The van der Waals surface area contributed by atoms with Crippen molar-refractivity contribution in [3.05, 3.63) is 16.1 Å². The summed E-state index contributed by atoms with van der Waals surface area (Å²) in [7, 11) is 0. The lowest BCUT2D eigenvalue weighted by Gasteiger charge is -2.25. The minimum Gasteiger partial charge on any atom is -0.348 e. The zero-order chi connectivity index (χ0) is 10.7. The first-order chi connectivity index (χ1) is 7.29. The molecule has 1 fully saturated rings. The Labute approximate surface area is 92.9 Å². The van der Waals surface area contributed by atoms with Gasteiger partial charge >= 0.3 is 0 Å². The second-order valence-electron chi connectivity index (χ2n) is 3.77.